The Kier molecular flexibility index (Phi) is 5.13. The minimum atomic E-state index is 0.508. The Morgan fingerprint density at radius 1 is 0.548 bits per heavy atom. The van der Waals surface area contributed by atoms with Crippen molar-refractivity contribution in [1.82, 2.24) is 0 Å². The van der Waals surface area contributed by atoms with Gasteiger partial charge in [0.05, 0.1) is 0 Å². The highest BCUT2D eigenvalue weighted by Crippen LogP contribution is 2.45. The van der Waals surface area contributed by atoms with Gasteiger partial charge in [-0.3, -0.25) is 0 Å². The Hall–Kier alpha value is -2.25. The van der Waals surface area contributed by atoms with Gasteiger partial charge in [-0.05, 0) is 89.5 Å². The van der Waals surface area contributed by atoms with Crippen molar-refractivity contribution in [2.24, 2.45) is 0 Å². The van der Waals surface area contributed by atoms with Gasteiger partial charge >= 0.3 is 0 Å². The Balaban J connectivity index is 2.02. The second kappa shape index (κ2) is 7.71. The maximum atomic E-state index is 2.40. The molecule has 5 aromatic rings. The van der Waals surface area contributed by atoms with Gasteiger partial charge in [-0.1, -0.05) is 89.2 Å². The number of rotatable bonds is 5. The van der Waals surface area contributed by atoms with Crippen molar-refractivity contribution in [1.29, 1.82) is 0 Å². The van der Waals surface area contributed by atoms with Crippen LogP contribution in [0.25, 0.3) is 43.1 Å². The summed E-state index contributed by atoms with van der Waals surface area (Å²) in [6.07, 6.45) is 2.21. The van der Waals surface area contributed by atoms with Crippen molar-refractivity contribution in [2.45, 2.75) is 52.4 Å². The third-order valence-corrected chi connectivity index (χ3v) is 7.90. The summed E-state index contributed by atoms with van der Waals surface area (Å²) in [6.45, 7) is 11.7. The summed E-state index contributed by atoms with van der Waals surface area (Å²) >= 11 is 1.93. The molecular formula is C30H32S. The lowest BCUT2D eigenvalue weighted by atomic mass is 9.81. The van der Waals surface area contributed by atoms with Crippen LogP contribution in [0.4, 0.5) is 0 Å². The summed E-state index contributed by atoms with van der Waals surface area (Å²) in [5.41, 5.74) is 4.43. The highest BCUT2D eigenvalue weighted by Gasteiger charge is 2.20. The van der Waals surface area contributed by atoms with E-state index in [9.17, 15) is 0 Å². The van der Waals surface area contributed by atoms with Gasteiger partial charge in [-0.15, -0.1) is 0 Å². The highest BCUT2D eigenvalue weighted by atomic mass is 32.2. The zero-order valence-corrected chi connectivity index (χ0v) is 20.4. The molecule has 0 fully saturated rings. The van der Waals surface area contributed by atoms with Crippen molar-refractivity contribution in [3.05, 3.63) is 71.3 Å². The first-order valence-corrected chi connectivity index (χ1v) is 13.0. The van der Waals surface area contributed by atoms with Crippen molar-refractivity contribution in [2.75, 3.05) is 12.0 Å². The number of hydrogen-bond acceptors (Lipinski definition) is 1. The number of hydrogen-bond donors (Lipinski definition) is 0. The molecule has 0 heterocycles. The molecule has 0 radical (unpaired) electrons. The molecule has 1 atom stereocenters. The van der Waals surface area contributed by atoms with Crippen LogP contribution in [0.1, 0.15) is 69.1 Å². The van der Waals surface area contributed by atoms with E-state index < -0.39 is 0 Å². The molecule has 0 aromatic heterocycles. The molecule has 0 bridgehead atoms. The molecule has 5 aromatic carbocycles. The molecule has 0 aliphatic heterocycles. The van der Waals surface area contributed by atoms with Crippen LogP contribution >= 0.6 is 11.8 Å². The fourth-order valence-corrected chi connectivity index (χ4v) is 6.29. The second-order valence-corrected chi connectivity index (χ2v) is 10.7. The molecule has 5 rings (SSSR count). The Bertz CT molecular complexity index is 1340. The first-order chi connectivity index (χ1) is 14.9. The summed E-state index contributed by atoms with van der Waals surface area (Å²) in [4.78, 5) is 0. The summed E-state index contributed by atoms with van der Waals surface area (Å²) in [6, 6.07) is 21.3. The predicted octanol–water partition coefficient (Wildman–Crippen LogP) is 9.45. The number of thioether (sulfide) groups is 1. The van der Waals surface area contributed by atoms with Crippen LogP contribution in [-0.4, -0.2) is 12.0 Å². The maximum absolute atomic E-state index is 2.40. The zero-order valence-electron chi connectivity index (χ0n) is 19.5. The number of benzene rings is 5. The van der Waals surface area contributed by atoms with Gasteiger partial charge in [0.15, 0.2) is 0 Å². The lowest BCUT2D eigenvalue weighted by Crippen LogP contribution is -2.00. The van der Waals surface area contributed by atoms with Crippen LogP contribution in [0, 0.1) is 0 Å². The molecule has 31 heavy (non-hydrogen) atoms. The van der Waals surface area contributed by atoms with Crippen molar-refractivity contribution in [3.8, 4) is 0 Å². The van der Waals surface area contributed by atoms with Crippen LogP contribution in [-0.2, 0) is 0 Å². The van der Waals surface area contributed by atoms with Crippen molar-refractivity contribution < 1.29 is 0 Å². The Morgan fingerprint density at radius 2 is 1.03 bits per heavy atom. The van der Waals surface area contributed by atoms with Gasteiger partial charge in [0.25, 0.3) is 0 Å². The fraction of sp³-hybridized carbons (Fsp3) is 0.333. The summed E-state index contributed by atoms with van der Waals surface area (Å²) in [5, 5.41) is 11.4. The first-order valence-electron chi connectivity index (χ1n) is 11.6. The molecule has 0 spiro atoms. The normalized spacial score (nSPS) is 13.5. The number of fused-ring (bicyclic) bond motifs is 2. The second-order valence-electron chi connectivity index (χ2n) is 9.75. The van der Waals surface area contributed by atoms with Crippen LogP contribution < -0.4 is 0 Å². The maximum Gasteiger partial charge on any atom is -0.000374 e. The fourth-order valence-electron chi connectivity index (χ4n) is 5.61. The molecule has 1 unspecified atom stereocenters. The third-order valence-electron chi connectivity index (χ3n) is 7.07. The van der Waals surface area contributed by atoms with E-state index in [1.165, 1.54) is 59.8 Å². The molecule has 0 saturated carbocycles. The summed E-state index contributed by atoms with van der Waals surface area (Å²) in [5.74, 6) is 2.72. The minimum absolute atomic E-state index is 0.508. The van der Waals surface area contributed by atoms with Crippen LogP contribution in [0.15, 0.2) is 54.6 Å². The van der Waals surface area contributed by atoms with Gasteiger partial charge in [-0.25, -0.2) is 0 Å². The van der Waals surface area contributed by atoms with E-state index in [4.69, 9.17) is 0 Å². The van der Waals surface area contributed by atoms with E-state index in [0.717, 1.165) is 5.75 Å². The summed E-state index contributed by atoms with van der Waals surface area (Å²) < 4.78 is 0. The van der Waals surface area contributed by atoms with Crippen LogP contribution in [0.2, 0.25) is 0 Å². The monoisotopic (exact) mass is 424 g/mol. The molecular weight excluding hydrogens is 392 g/mol. The van der Waals surface area contributed by atoms with Crippen LogP contribution in [0.3, 0.4) is 0 Å². The average Bonchev–Trinajstić information content (AvgIpc) is 2.76. The van der Waals surface area contributed by atoms with E-state index >= 15 is 0 Å². The molecule has 0 saturated heterocycles. The van der Waals surface area contributed by atoms with E-state index in [0.29, 0.717) is 17.8 Å². The molecule has 0 N–H and O–H groups in total. The highest BCUT2D eigenvalue weighted by molar-refractivity contribution is 7.98. The van der Waals surface area contributed by atoms with Gasteiger partial charge < -0.3 is 0 Å². The molecule has 158 valence electrons. The molecule has 0 aliphatic rings. The third kappa shape index (κ3) is 3.04. The van der Waals surface area contributed by atoms with E-state index in [1.54, 1.807) is 0 Å². The lowest BCUT2D eigenvalue weighted by molar-refractivity contribution is 0.855. The standard InChI is InChI=1S/C30H32S/c1-17(2)20-10-13-26-24-9-7-8-23-22(19(5)16-31-6)12-15-25(28(23)24)27-14-11-21(18(3)4)29(20)30(26)27/h7-15,17-19H,16H2,1-6H3. The van der Waals surface area contributed by atoms with E-state index in [2.05, 4.69) is 95.5 Å². The largest absolute Gasteiger partial charge is 0.165 e. The quantitative estimate of drug-likeness (QED) is 0.200. The molecule has 1 heteroatoms. The van der Waals surface area contributed by atoms with Gasteiger partial charge in [0.1, 0.15) is 0 Å². The topological polar surface area (TPSA) is 0 Å². The van der Waals surface area contributed by atoms with Crippen LogP contribution in [0.5, 0.6) is 0 Å². The zero-order chi connectivity index (χ0) is 21.9. The van der Waals surface area contributed by atoms with Gasteiger partial charge in [0, 0.05) is 0 Å². The van der Waals surface area contributed by atoms with Crippen molar-refractivity contribution in [3.63, 3.8) is 0 Å². The van der Waals surface area contributed by atoms with Crippen molar-refractivity contribution >= 4 is 54.9 Å². The SMILES string of the molecule is CSCC(C)c1ccc2c3ccc(C(C)C)c4c(C(C)C)ccc(c5cccc1c52)c43. The molecule has 0 amide bonds. The Labute approximate surface area is 190 Å². The van der Waals surface area contributed by atoms with E-state index in [1.807, 2.05) is 11.8 Å². The van der Waals surface area contributed by atoms with Gasteiger partial charge in [-0.2, -0.15) is 11.8 Å². The predicted molar refractivity (Wildman–Crippen MR) is 143 cm³/mol. The molecule has 0 nitrogen and oxygen atoms in total. The Morgan fingerprint density at radius 3 is 1.58 bits per heavy atom. The van der Waals surface area contributed by atoms with E-state index in [-0.39, 0.29) is 0 Å². The average molecular weight is 425 g/mol. The summed E-state index contributed by atoms with van der Waals surface area (Å²) in [7, 11) is 0. The lowest BCUT2D eigenvalue weighted by Gasteiger charge is -2.23. The minimum Gasteiger partial charge on any atom is -0.165 e. The first kappa shape index (κ1) is 20.6. The molecule has 0 aliphatic carbocycles. The smallest absolute Gasteiger partial charge is 0.000374 e. The van der Waals surface area contributed by atoms with Gasteiger partial charge in [0.2, 0.25) is 0 Å².